The van der Waals surface area contributed by atoms with Crippen molar-refractivity contribution in [1.29, 1.82) is 0 Å². The Bertz CT molecular complexity index is 580. The van der Waals surface area contributed by atoms with Crippen LogP contribution in [-0.2, 0) is 0 Å². The summed E-state index contributed by atoms with van der Waals surface area (Å²) in [4.78, 5) is 2.31. The number of ether oxygens (including phenoxy) is 1. The van der Waals surface area contributed by atoms with Gasteiger partial charge in [0.05, 0.1) is 7.11 Å². The zero-order chi connectivity index (χ0) is 14.7. The lowest BCUT2D eigenvalue weighted by Gasteiger charge is -2.31. The van der Waals surface area contributed by atoms with Gasteiger partial charge < -0.3 is 10.5 Å². The lowest BCUT2D eigenvalue weighted by molar-refractivity contribution is 0.201. The second-order valence-corrected chi connectivity index (χ2v) is 5.48. The summed E-state index contributed by atoms with van der Waals surface area (Å²) in [6, 6.07) is 13.4. The molecule has 0 heterocycles. The lowest BCUT2D eigenvalue weighted by Crippen LogP contribution is -2.35. The zero-order valence-electron chi connectivity index (χ0n) is 12.8. The maximum Gasteiger partial charge on any atom is 0.119 e. The van der Waals surface area contributed by atoms with Crippen LogP contribution in [0.3, 0.4) is 0 Å². The number of hydrogen-bond acceptors (Lipinski definition) is 3. The van der Waals surface area contributed by atoms with Gasteiger partial charge in [-0.1, -0.05) is 18.2 Å². The molecule has 0 amide bonds. The molecule has 2 N–H and O–H groups in total. The second-order valence-electron chi connectivity index (χ2n) is 5.48. The highest BCUT2D eigenvalue weighted by molar-refractivity contribution is 5.84. The van der Waals surface area contributed by atoms with Crippen LogP contribution in [0.5, 0.6) is 5.75 Å². The molecule has 0 fully saturated rings. The predicted octanol–water partition coefficient (Wildman–Crippen LogP) is 3.19. The topological polar surface area (TPSA) is 38.5 Å². The molecule has 2 aromatic rings. The lowest BCUT2D eigenvalue weighted by atomic mass is 10.00. The Labute approximate surface area is 121 Å². The van der Waals surface area contributed by atoms with Gasteiger partial charge in [-0.25, -0.2) is 0 Å². The molecule has 0 aromatic heterocycles. The number of nitrogens with two attached hydrogens (primary N) is 1. The molecule has 20 heavy (non-hydrogen) atoms. The molecular weight excluding hydrogens is 248 g/mol. The van der Waals surface area contributed by atoms with Crippen molar-refractivity contribution >= 4 is 10.8 Å². The molecule has 3 nitrogen and oxygen atoms in total. The summed E-state index contributed by atoms with van der Waals surface area (Å²) < 4.78 is 5.26. The van der Waals surface area contributed by atoms with E-state index in [2.05, 4.69) is 56.1 Å². The van der Waals surface area contributed by atoms with Crippen molar-refractivity contribution in [3.63, 3.8) is 0 Å². The van der Waals surface area contributed by atoms with Gasteiger partial charge in [0.1, 0.15) is 5.75 Å². The van der Waals surface area contributed by atoms with Crippen LogP contribution in [0.1, 0.15) is 25.5 Å². The minimum Gasteiger partial charge on any atom is -0.497 e. The number of benzene rings is 2. The van der Waals surface area contributed by atoms with Crippen LogP contribution in [-0.4, -0.2) is 31.6 Å². The van der Waals surface area contributed by atoms with E-state index in [0.717, 1.165) is 5.75 Å². The van der Waals surface area contributed by atoms with Crippen LogP contribution in [0.2, 0.25) is 0 Å². The van der Waals surface area contributed by atoms with E-state index in [9.17, 15) is 0 Å². The third kappa shape index (κ3) is 2.94. The standard InChI is InChI=1S/C17H24N2O/c1-12(2)19(3)17(11-18)15-6-5-14-10-16(20-4)8-7-13(14)9-15/h5-10,12,17H,11,18H2,1-4H3. The quantitative estimate of drug-likeness (QED) is 0.908. The van der Waals surface area contributed by atoms with Crippen LogP contribution >= 0.6 is 0 Å². The highest BCUT2D eigenvalue weighted by Gasteiger charge is 2.17. The molecule has 0 saturated heterocycles. The summed E-state index contributed by atoms with van der Waals surface area (Å²) in [5.41, 5.74) is 7.24. The van der Waals surface area contributed by atoms with Gasteiger partial charge in [-0.2, -0.15) is 0 Å². The van der Waals surface area contributed by atoms with E-state index in [1.807, 2.05) is 6.07 Å². The Morgan fingerprint density at radius 2 is 1.75 bits per heavy atom. The third-order valence-electron chi connectivity index (χ3n) is 3.99. The number of nitrogens with zero attached hydrogens (tertiary/aromatic N) is 1. The summed E-state index contributed by atoms with van der Waals surface area (Å²) in [5, 5.41) is 2.41. The van der Waals surface area contributed by atoms with Gasteiger partial charge in [0.15, 0.2) is 0 Å². The average molecular weight is 272 g/mol. The van der Waals surface area contributed by atoms with Crippen molar-refractivity contribution < 1.29 is 4.74 Å². The maximum absolute atomic E-state index is 5.97. The van der Waals surface area contributed by atoms with Gasteiger partial charge in [-0.3, -0.25) is 4.90 Å². The van der Waals surface area contributed by atoms with E-state index in [1.54, 1.807) is 7.11 Å². The minimum absolute atomic E-state index is 0.251. The van der Waals surface area contributed by atoms with Gasteiger partial charge >= 0.3 is 0 Å². The molecule has 0 spiro atoms. The normalized spacial score (nSPS) is 13.2. The first-order valence-corrected chi connectivity index (χ1v) is 7.06. The van der Waals surface area contributed by atoms with E-state index in [-0.39, 0.29) is 6.04 Å². The Kier molecular flexibility index (Phi) is 4.63. The van der Waals surface area contributed by atoms with Gasteiger partial charge in [-0.15, -0.1) is 0 Å². The minimum atomic E-state index is 0.251. The van der Waals surface area contributed by atoms with Crippen LogP contribution in [0.4, 0.5) is 0 Å². The first-order chi connectivity index (χ1) is 9.56. The van der Waals surface area contributed by atoms with Crippen LogP contribution in [0.25, 0.3) is 10.8 Å². The molecular formula is C17H24N2O. The summed E-state index contributed by atoms with van der Waals surface area (Å²) in [6.07, 6.45) is 0. The van der Waals surface area contributed by atoms with Crippen molar-refractivity contribution in [1.82, 2.24) is 4.90 Å². The summed E-state index contributed by atoms with van der Waals surface area (Å²) in [6.45, 7) is 5.00. The van der Waals surface area contributed by atoms with Gasteiger partial charge in [0.25, 0.3) is 0 Å². The summed E-state index contributed by atoms with van der Waals surface area (Å²) in [5.74, 6) is 0.889. The first kappa shape index (κ1) is 14.8. The molecule has 1 unspecified atom stereocenters. The molecule has 3 heteroatoms. The van der Waals surface area contributed by atoms with Gasteiger partial charge in [0, 0.05) is 18.6 Å². The van der Waals surface area contributed by atoms with E-state index in [4.69, 9.17) is 10.5 Å². The molecule has 0 aliphatic heterocycles. The fraction of sp³-hybridized carbons (Fsp3) is 0.412. The Morgan fingerprint density at radius 3 is 2.35 bits per heavy atom. The average Bonchev–Trinajstić information content (AvgIpc) is 2.47. The molecule has 108 valence electrons. The number of fused-ring (bicyclic) bond motifs is 1. The zero-order valence-corrected chi connectivity index (χ0v) is 12.8. The van der Waals surface area contributed by atoms with Gasteiger partial charge in [-0.05, 0) is 55.4 Å². The largest absolute Gasteiger partial charge is 0.497 e. The number of likely N-dealkylation sites (N-methyl/N-ethyl adjacent to an activating group) is 1. The van der Waals surface area contributed by atoms with Crippen molar-refractivity contribution in [3.05, 3.63) is 42.0 Å². The molecule has 2 aromatic carbocycles. The maximum atomic E-state index is 5.97. The molecule has 0 radical (unpaired) electrons. The van der Waals surface area contributed by atoms with E-state index >= 15 is 0 Å². The Hall–Kier alpha value is -1.58. The smallest absolute Gasteiger partial charge is 0.119 e. The van der Waals surface area contributed by atoms with E-state index in [1.165, 1.54) is 16.3 Å². The number of rotatable bonds is 5. The summed E-state index contributed by atoms with van der Waals surface area (Å²) in [7, 11) is 3.82. The van der Waals surface area contributed by atoms with Crippen molar-refractivity contribution in [2.45, 2.75) is 25.9 Å². The van der Waals surface area contributed by atoms with Crippen LogP contribution in [0.15, 0.2) is 36.4 Å². The van der Waals surface area contributed by atoms with Crippen molar-refractivity contribution in [2.24, 2.45) is 5.73 Å². The Balaban J connectivity index is 2.39. The highest BCUT2D eigenvalue weighted by atomic mass is 16.5. The van der Waals surface area contributed by atoms with E-state index in [0.29, 0.717) is 12.6 Å². The molecule has 0 aliphatic carbocycles. The number of methoxy groups -OCH3 is 1. The van der Waals surface area contributed by atoms with Gasteiger partial charge in [0.2, 0.25) is 0 Å². The third-order valence-corrected chi connectivity index (χ3v) is 3.99. The fourth-order valence-electron chi connectivity index (χ4n) is 2.47. The molecule has 0 saturated carbocycles. The SMILES string of the molecule is COc1ccc2cc(C(CN)N(C)C(C)C)ccc2c1. The molecule has 2 rings (SSSR count). The van der Waals surface area contributed by atoms with Crippen LogP contribution < -0.4 is 10.5 Å². The van der Waals surface area contributed by atoms with E-state index < -0.39 is 0 Å². The fourth-order valence-corrected chi connectivity index (χ4v) is 2.47. The predicted molar refractivity (Wildman–Crippen MR) is 85.2 cm³/mol. The highest BCUT2D eigenvalue weighted by Crippen LogP contribution is 2.26. The summed E-state index contributed by atoms with van der Waals surface area (Å²) >= 11 is 0. The molecule has 0 bridgehead atoms. The number of hydrogen-bond donors (Lipinski definition) is 1. The first-order valence-electron chi connectivity index (χ1n) is 7.06. The Morgan fingerprint density at radius 1 is 1.10 bits per heavy atom. The van der Waals surface area contributed by atoms with Crippen LogP contribution in [0, 0.1) is 0 Å². The molecule has 1 atom stereocenters. The molecule has 0 aliphatic rings. The van der Waals surface area contributed by atoms with Crippen molar-refractivity contribution in [3.8, 4) is 5.75 Å². The monoisotopic (exact) mass is 272 g/mol. The second kappa shape index (κ2) is 6.25. The van der Waals surface area contributed by atoms with Crippen molar-refractivity contribution in [2.75, 3.05) is 20.7 Å².